The second-order valence-corrected chi connectivity index (χ2v) is 5.43. The number of hydrogen-bond acceptors (Lipinski definition) is 4. The summed E-state index contributed by atoms with van der Waals surface area (Å²) in [5.41, 5.74) is 0.423. The molecule has 0 aromatic carbocycles. The van der Waals surface area contributed by atoms with E-state index in [4.69, 9.17) is 14.8 Å². The van der Waals surface area contributed by atoms with Gasteiger partial charge in [-0.3, -0.25) is 4.79 Å². The van der Waals surface area contributed by atoms with Gasteiger partial charge < -0.3 is 19.6 Å². The number of amides is 1. The van der Waals surface area contributed by atoms with Crippen LogP contribution in [0.15, 0.2) is 18.6 Å². The van der Waals surface area contributed by atoms with Gasteiger partial charge in [-0.1, -0.05) is 6.85 Å². The number of nitrogens with zero attached hydrogens (tertiary/aromatic N) is 5. The number of likely N-dealkylation sites (tertiary alicyclic amines) is 1. The molecule has 1 saturated heterocycles. The third-order valence-corrected chi connectivity index (χ3v) is 4.04. The lowest BCUT2D eigenvalue weighted by Gasteiger charge is -2.41. The van der Waals surface area contributed by atoms with Gasteiger partial charge in [0.2, 0.25) is 0 Å². The first-order chi connectivity index (χ1) is 13.5. The number of carbonyl (C=O) groups is 1. The van der Waals surface area contributed by atoms with Crippen LogP contribution in [0.4, 0.5) is 5.82 Å². The minimum atomic E-state index is -2.71. The third-order valence-electron chi connectivity index (χ3n) is 4.04. The number of anilines is 1. The zero-order chi connectivity index (χ0) is 21.4. The topological polar surface area (TPSA) is 69.5 Å². The fraction of sp³-hybridized carbons (Fsp3) is 0.500. The van der Waals surface area contributed by atoms with Crippen LogP contribution in [0.2, 0.25) is 0 Å². The van der Waals surface area contributed by atoms with E-state index < -0.39 is 31.7 Å². The zero-order valence-corrected chi connectivity index (χ0v) is 12.4. The van der Waals surface area contributed by atoms with E-state index in [2.05, 4.69) is 19.8 Å². The van der Waals surface area contributed by atoms with Gasteiger partial charge in [-0.2, -0.15) is 0 Å². The monoisotopic (exact) mass is 318 g/mol. The van der Waals surface area contributed by atoms with Gasteiger partial charge in [-0.05, 0) is 18.4 Å². The summed E-state index contributed by atoms with van der Waals surface area (Å²) in [7, 11) is 0. The fourth-order valence-corrected chi connectivity index (χ4v) is 2.80. The smallest absolute Gasteiger partial charge is 0.302 e. The minimum absolute atomic E-state index is 0.0787. The predicted molar refractivity (Wildman–Crippen MR) is 87.9 cm³/mol. The first kappa shape index (κ1) is 9.50. The van der Waals surface area contributed by atoms with Gasteiger partial charge in [0.15, 0.2) is 0 Å². The molecule has 7 nitrogen and oxygen atoms in total. The summed E-state index contributed by atoms with van der Waals surface area (Å²) in [4.78, 5) is 28.8. The number of carbonyl (C=O) groups excluding carboxylic acids is 1. The Labute approximate surface area is 143 Å². The highest BCUT2D eigenvalue weighted by molar-refractivity contribution is 5.87. The molecule has 2 atom stereocenters. The standard InChI is InChI=1S/C16H20N6O/c1-11-5-7-22(14(23)8-17-2)9-13(11)21(3)16-12-4-6-18-15(12)19-10-20-16/h4,6,10-11,13H,5,7-9H2,1,3H3,(H,18,19,20)/t11-,13+/m1/s1/i1D3,3D3. The van der Waals surface area contributed by atoms with Gasteiger partial charge in [0.25, 0.3) is 6.54 Å². The molecule has 23 heavy (non-hydrogen) atoms. The summed E-state index contributed by atoms with van der Waals surface area (Å²) < 4.78 is 48.1. The number of nitrogens with one attached hydrogen (secondary N) is 1. The van der Waals surface area contributed by atoms with Crippen molar-refractivity contribution in [2.45, 2.75) is 19.3 Å². The molecule has 3 rings (SSSR count). The molecule has 1 amide bonds. The Kier molecular flexibility index (Phi) is 2.58. The second kappa shape index (κ2) is 6.24. The molecule has 2 aromatic rings. The van der Waals surface area contributed by atoms with Crippen molar-refractivity contribution < 1.29 is 13.0 Å². The Hall–Kier alpha value is -2.62. The Morgan fingerprint density at radius 2 is 2.57 bits per heavy atom. The first-order valence-corrected chi connectivity index (χ1v) is 7.22. The molecule has 3 heterocycles. The van der Waals surface area contributed by atoms with Crippen molar-refractivity contribution in [3.05, 3.63) is 30.0 Å². The van der Waals surface area contributed by atoms with E-state index in [0.717, 1.165) is 4.90 Å². The summed E-state index contributed by atoms with van der Waals surface area (Å²) in [5.74, 6) is -1.35. The molecule has 2 aromatic heterocycles. The Balaban J connectivity index is 2.10. The van der Waals surface area contributed by atoms with Crippen LogP contribution in [0.3, 0.4) is 0 Å². The highest BCUT2D eigenvalue weighted by Gasteiger charge is 2.33. The van der Waals surface area contributed by atoms with Gasteiger partial charge >= 0.3 is 5.91 Å². The number of hydrogen-bond donors (Lipinski definition) is 1. The zero-order valence-electron chi connectivity index (χ0n) is 18.4. The largest absolute Gasteiger partial charge is 0.354 e. The average Bonchev–Trinajstić information content (AvgIpc) is 3.09. The number of rotatable bonds is 3. The molecule has 7 heteroatoms. The SMILES string of the molecule is [2H]C([2H])([2H])[C@@H]1CCN(C(=O)C[N+]#[C-])C[C@@H]1N(c1ncnc2[nH]ccc12)C([2H])([2H])[2H]. The third kappa shape index (κ3) is 2.84. The number of H-pyrrole nitrogens is 1. The van der Waals surface area contributed by atoms with Crippen molar-refractivity contribution in [1.82, 2.24) is 19.9 Å². The Morgan fingerprint density at radius 3 is 3.35 bits per heavy atom. The van der Waals surface area contributed by atoms with E-state index >= 15 is 0 Å². The van der Waals surface area contributed by atoms with Gasteiger partial charge in [-0.15, -0.1) is 0 Å². The highest BCUT2D eigenvalue weighted by atomic mass is 16.2. The lowest BCUT2D eigenvalue weighted by Crippen LogP contribution is -2.53. The molecule has 1 aliphatic heterocycles. The van der Waals surface area contributed by atoms with Crippen LogP contribution in [0, 0.1) is 12.5 Å². The lowest BCUT2D eigenvalue weighted by atomic mass is 9.92. The lowest BCUT2D eigenvalue weighted by molar-refractivity contribution is -0.130. The molecule has 120 valence electrons. The molecule has 1 fully saturated rings. The maximum absolute atomic E-state index is 12.3. The number of aromatic nitrogens is 3. The maximum Gasteiger partial charge on any atom is 0.302 e. The van der Waals surface area contributed by atoms with Gasteiger partial charge in [-0.25, -0.2) is 16.5 Å². The molecule has 0 saturated carbocycles. The van der Waals surface area contributed by atoms with E-state index in [1.54, 1.807) is 12.3 Å². The normalized spacial score (nSPS) is 26.1. The molecule has 0 bridgehead atoms. The van der Waals surface area contributed by atoms with E-state index in [9.17, 15) is 4.79 Å². The van der Waals surface area contributed by atoms with E-state index in [0.29, 0.717) is 11.0 Å². The predicted octanol–water partition coefficient (Wildman–Crippen LogP) is 1.55. The second-order valence-electron chi connectivity index (χ2n) is 5.43. The number of likely N-dealkylation sites (N-methyl/N-ethyl adjacent to an activating group) is 1. The molecular formula is C16H20N6O. The Morgan fingerprint density at radius 1 is 1.65 bits per heavy atom. The minimum Gasteiger partial charge on any atom is -0.354 e. The molecule has 0 spiro atoms. The molecule has 1 aliphatic rings. The van der Waals surface area contributed by atoms with Crippen LogP contribution in [-0.4, -0.2) is 58.4 Å². The van der Waals surface area contributed by atoms with Crippen molar-refractivity contribution >= 4 is 22.8 Å². The van der Waals surface area contributed by atoms with Crippen LogP contribution in [0.1, 0.15) is 21.5 Å². The molecular weight excluding hydrogens is 292 g/mol. The van der Waals surface area contributed by atoms with E-state index in [1.807, 2.05) is 0 Å². The van der Waals surface area contributed by atoms with Crippen molar-refractivity contribution in [2.75, 3.05) is 31.5 Å². The highest BCUT2D eigenvalue weighted by Crippen LogP contribution is 2.28. The van der Waals surface area contributed by atoms with Crippen LogP contribution in [0.5, 0.6) is 0 Å². The molecule has 0 radical (unpaired) electrons. The Bertz CT molecular complexity index is 932. The van der Waals surface area contributed by atoms with Crippen molar-refractivity contribution in [2.24, 2.45) is 5.92 Å². The van der Waals surface area contributed by atoms with Gasteiger partial charge in [0.05, 0.1) is 11.4 Å². The van der Waals surface area contributed by atoms with Crippen LogP contribution in [0.25, 0.3) is 15.9 Å². The van der Waals surface area contributed by atoms with Crippen molar-refractivity contribution in [1.29, 1.82) is 0 Å². The van der Waals surface area contributed by atoms with Crippen LogP contribution >= 0.6 is 0 Å². The van der Waals surface area contributed by atoms with E-state index in [-0.39, 0.29) is 31.9 Å². The summed E-state index contributed by atoms with van der Waals surface area (Å²) in [5, 5.41) is 0.442. The quantitative estimate of drug-likeness (QED) is 0.872. The van der Waals surface area contributed by atoms with Crippen LogP contribution < -0.4 is 4.90 Å². The summed E-state index contributed by atoms with van der Waals surface area (Å²) in [6.45, 7) is 1.44. The van der Waals surface area contributed by atoms with Gasteiger partial charge in [0, 0.05) is 34.5 Å². The molecule has 0 unspecified atom stereocenters. The molecule has 0 aliphatic carbocycles. The fourth-order valence-electron chi connectivity index (χ4n) is 2.80. The van der Waals surface area contributed by atoms with E-state index in [1.165, 1.54) is 11.2 Å². The summed E-state index contributed by atoms with van der Waals surface area (Å²) in [6.07, 6.45) is 2.90. The van der Waals surface area contributed by atoms with Crippen LogP contribution in [-0.2, 0) is 4.79 Å². The van der Waals surface area contributed by atoms with Crippen molar-refractivity contribution in [3.8, 4) is 0 Å². The first-order valence-electron chi connectivity index (χ1n) is 10.2. The average molecular weight is 318 g/mol. The number of aromatic amines is 1. The maximum atomic E-state index is 12.3. The number of fused-ring (bicyclic) bond motifs is 1. The number of piperidine rings is 1. The summed E-state index contributed by atoms with van der Waals surface area (Å²) >= 11 is 0. The molecule has 1 N–H and O–H groups in total. The van der Waals surface area contributed by atoms with Gasteiger partial charge in [0.1, 0.15) is 17.8 Å². The summed E-state index contributed by atoms with van der Waals surface area (Å²) in [6, 6.07) is 0.588. The van der Waals surface area contributed by atoms with Crippen molar-refractivity contribution in [3.63, 3.8) is 0 Å².